The number of hydrogen-bond acceptors (Lipinski definition) is 12. The molecule has 2 aromatic carbocycles. The molecule has 1 unspecified atom stereocenters. The molecule has 56 heavy (non-hydrogen) atoms. The summed E-state index contributed by atoms with van der Waals surface area (Å²) in [6, 6.07) is 10.8. The third-order valence-corrected chi connectivity index (χ3v) is 12.1. The molecule has 17 heteroatoms. The van der Waals surface area contributed by atoms with Crippen molar-refractivity contribution >= 4 is 58.6 Å². The first-order valence-electron chi connectivity index (χ1n) is 19.2. The van der Waals surface area contributed by atoms with E-state index in [0.29, 0.717) is 30.8 Å². The van der Waals surface area contributed by atoms with E-state index in [2.05, 4.69) is 42.5 Å². The number of nitrogens with zero attached hydrogens (tertiary/aromatic N) is 8. The Morgan fingerprint density at radius 2 is 1.66 bits per heavy atom. The molecular formula is C39H43N11O6. The summed E-state index contributed by atoms with van der Waals surface area (Å²) in [5, 5.41) is 5.55. The van der Waals surface area contributed by atoms with Gasteiger partial charge in [0.15, 0.2) is 11.5 Å². The molecule has 2 atom stereocenters. The van der Waals surface area contributed by atoms with Crippen LogP contribution >= 0.6 is 0 Å². The number of primary amides is 1. The Morgan fingerprint density at radius 3 is 2.43 bits per heavy atom. The molecule has 4 saturated heterocycles. The number of anilines is 4. The molecular weight excluding hydrogens is 719 g/mol. The first kappa shape index (κ1) is 35.6. The maximum atomic E-state index is 13.3. The van der Waals surface area contributed by atoms with E-state index in [-0.39, 0.29) is 41.7 Å². The Kier molecular flexibility index (Phi) is 8.82. The van der Waals surface area contributed by atoms with E-state index in [1.165, 1.54) is 11.1 Å². The summed E-state index contributed by atoms with van der Waals surface area (Å²) in [6.07, 6.45) is 4.44. The molecule has 6 aliphatic heterocycles. The van der Waals surface area contributed by atoms with Crippen LogP contribution in [0, 0.1) is 0 Å². The topological polar surface area (TPSA) is 198 Å². The second-order valence-electron chi connectivity index (χ2n) is 15.5. The number of fused-ring (bicyclic) bond motifs is 2. The van der Waals surface area contributed by atoms with Crippen molar-refractivity contribution in [2.45, 2.75) is 56.8 Å². The highest BCUT2D eigenvalue weighted by Gasteiger charge is 2.45. The maximum absolute atomic E-state index is 13.3. The van der Waals surface area contributed by atoms with Gasteiger partial charge in [0, 0.05) is 83.2 Å². The van der Waals surface area contributed by atoms with E-state index in [0.717, 1.165) is 74.8 Å². The number of urea groups is 1. The predicted octanol–water partition coefficient (Wildman–Crippen LogP) is 1.30. The molecule has 4 fully saturated rings. The van der Waals surface area contributed by atoms with E-state index in [1.807, 2.05) is 24.1 Å². The molecule has 6 aliphatic rings. The zero-order valence-corrected chi connectivity index (χ0v) is 31.1. The molecule has 0 radical (unpaired) electrons. The molecule has 7 heterocycles. The Hall–Kier alpha value is -6.10. The number of carbonyl (C=O) groups excluding carboxylic acids is 6. The Labute approximate surface area is 322 Å². The van der Waals surface area contributed by atoms with Crippen LogP contribution < -0.4 is 26.2 Å². The van der Waals surface area contributed by atoms with Crippen LogP contribution in [0.3, 0.4) is 0 Å². The second kappa shape index (κ2) is 13.9. The molecule has 7 amide bonds. The average Bonchev–Trinajstić information content (AvgIpc) is 3.63. The van der Waals surface area contributed by atoms with Crippen LogP contribution in [0.1, 0.15) is 68.0 Å². The Balaban J connectivity index is 0.833. The van der Waals surface area contributed by atoms with Crippen LogP contribution in [0.2, 0.25) is 0 Å². The van der Waals surface area contributed by atoms with Gasteiger partial charge < -0.3 is 30.7 Å². The summed E-state index contributed by atoms with van der Waals surface area (Å²) in [5.74, 6) is -1.80. The quantitative estimate of drug-likeness (QED) is 0.279. The molecule has 4 N–H and O–H groups in total. The third-order valence-electron chi connectivity index (χ3n) is 12.1. The van der Waals surface area contributed by atoms with Gasteiger partial charge in [-0.25, -0.2) is 14.8 Å². The lowest BCUT2D eigenvalue weighted by molar-refractivity contribution is -0.136. The third kappa shape index (κ3) is 6.24. The normalized spacial score (nSPS) is 23.0. The Morgan fingerprint density at radius 1 is 0.857 bits per heavy atom. The molecule has 9 rings (SSSR count). The van der Waals surface area contributed by atoms with E-state index >= 15 is 0 Å². The van der Waals surface area contributed by atoms with Crippen LogP contribution in [0.4, 0.5) is 27.8 Å². The van der Waals surface area contributed by atoms with Gasteiger partial charge in [-0.15, -0.1) is 0 Å². The van der Waals surface area contributed by atoms with Crippen LogP contribution in [0.15, 0.2) is 42.6 Å². The molecule has 0 bridgehead atoms. The number of carbonyl (C=O) groups is 6. The van der Waals surface area contributed by atoms with E-state index in [1.54, 1.807) is 23.2 Å². The van der Waals surface area contributed by atoms with E-state index < -0.39 is 35.6 Å². The number of amides is 7. The van der Waals surface area contributed by atoms with Crippen LogP contribution in [0.5, 0.6) is 0 Å². The summed E-state index contributed by atoms with van der Waals surface area (Å²) in [4.78, 5) is 96.3. The molecule has 0 saturated carbocycles. The fraction of sp³-hybridized carbons (Fsp3) is 0.436. The number of rotatable bonds is 8. The zero-order chi connectivity index (χ0) is 38.8. The smallest absolute Gasteiger partial charge is 0.320 e. The van der Waals surface area contributed by atoms with Crippen LogP contribution in [-0.4, -0.2) is 136 Å². The minimum absolute atomic E-state index is 0.0516. The highest BCUT2D eigenvalue weighted by atomic mass is 16.2. The van der Waals surface area contributed by atoms with Crippen molar-refractivity contribution in [2.75, 3.05) is 68.0 Å². The first-order chi connectivity index (χ1) is 27.0. The van der Waals surface area contributed by atoms with Crippen molar-refractivity contribution in [2.24, 2.45) is 5.73 Å². The van der Waals surface area contributed by atoms with Gasteiger partial charge in [0.05, 0.1) is 23.4 Å². The number of likely N-dealkylation sites (N-methyl/N-ethyl adjacent to an activating group) is 1. The number of imide groups is 2. The summed E-state index contributed by atoms with van der Waals surface area (Å²) in [5.41, 5.74) is 10.4. The number of hydrogen-bond donors (Lipinski definition) is 3. The lowest BCUT2D eigenvalue weighted by atomic mass is 9.95. The van der Waals surface area contributed by atoms with Crippen LogP contribution in [-0.2, 0) is 22.6 Å². The zero-order valence-electron chi connectivity index (χ0n) is 31.1. The summed E-state index contributed by atoms with van der Waals surface area (Å²) in [6.45, 7) is 6.00. The van der Waals surface area contributed by atoms with Gasteiger partial charge in [-0.1, -0.05) is 6.07 Å². The summed E-state index contributed by atoms with van der Waals surface area (Å²) >= 11 is 0. The van der Waals surface area contributed by atoms with Crippen molar-refractivity contribution in [1.82, 2.24) is 34.9 Å². The molecule has 17 nitrogen and oxygen atoms in total. The largest absolute Gasteiger partial charge is 0.368 e. The highest BCUT2D eigenvalue weighted by molar-refractivity contribution is 6.23. The van der Waals surface area contributed by atoms with Crippen molar-refractivity contribution in [3.8, 4) is 0 Å². The molecule has 0 spiro atoms. The summed E-state index contributed by atoms with van der Waals surface area (Å²) in [7, 11) is 1.82. The van der Waals surface area contributed by atoms with Gasteiger partial charge in [0.1, 0.15) is 11.9 Å². The maximum Gasteiger partial charge on any atom is 0.320 e. The monoisotopic (exact) mass is 761 g/mol. The van der Waals surface area contributed by atoms with Crippen molar-refractivity contribution < 1.29 is 28.8 Å². The average molecular weight is 762 g/mol. The van der Waals surface area contributed by atoms with Crippen molar-refractivity contribution in [1.29, 1.82) is 0 Å². The lowest BCUT2D eigenvalue weighted by Gasteiger charge is -2.48. The minimum atomic E-state index is -0.992. The SMILES string of the molecule is CN1CCN([C@@H]2CCCN(c3cnc(C(N)=O)c(Nc4ccc5c(c4)CCN(C4CN(c6ccc7c(c6)C(=O)N(C6CCC(=O)NC6=O)C7=O)C4)C5)n3)C2)C1=O. The van der Waals surface area contributed by atoms with Crippen LogP contribution in [0.25, 0.3) is 0 Å². The number of benzene rings is 2. The standard InChI is InChI=1S/C39H43N11O6/c1-45-13-14-49(39(45)56)26-3-2-11-47(19-26)31-17-41-33(34(40)52)35(43-31)42-24-5-4-23-18-46(12-10-22(23)15-24)27-20-48(21-27)25-6-7-28-29(16-25)38(55)50(37(28)54)30-8-9-32(51)44-36(30)53/h4-7,15-17,26-27,30H,2-3,8-14,18-21H2,1H3,(H2,40,52)(H,42,43)(H,44,51,53)/t26-,30?/m1/s1. The van der Waals surface area contributed by atoms with Gasteiger partial charge in [0.2, 0.25) is 11.8 Å². The molecule has 0 aliphatic carbocycles. The van der Waals surface area contributed by atoms with Gasteiger partial charge >= 0.3 is 6.03 Å². The fourth-order valence-electron chi connectivity index (χ4n) is 8.88. The van der Waals surface area contributed by atoms with Crippen molar-refractivity contribution in [3.05, 3.63) is 70.5 Å². The minimum Gasteiger partial charge on any atom is -0.368 e. The van der Waals surface area contributed by atoms with Gasteiger partial charge in [-0.3, -0.25) is 39.1 Å². The highest BCUT2D eigenvalue weighted by Crippen LogP contribution is 2.35. The fourth-order valence-corrected chi connectivity index (χ4v) is 8.88. The molecule has 290 valence electrons. The Bertz CT molecular complexity index is 2190. The number of nitrogens with two attached hydrogens (primary N) is 1. The van der Waals surface area contributed by atoms with Gasteiger partial charge in [-0.2, -0.15) is 0 Å². The molecule has 1 aromatic heterocycles. The first-order valence-corrected chi connectivity index (χ1v) is 19.2. The van der Waals surface area contributed by atoms with Gasteiger partial charge in [0.25, 0.3) is 17.7 Å². The number of aromatic nitrogens is 2. The van der Waals surface area contributed by atoms with E-state index in [9.17, 15) is 28.8 Å². The van der Waals surface area contributed by atoms with Gasteiger partial charge in [-0.05, 0) is 67.1 Å². The van der Waals surface area contributed by atoms with E-state index in [4.69, 9.17) is 10.7 Å². The second-order valence-corrected chi connectivity index (χ2v) is 15.5. The summed E-state index contributed by atoms with van der Waals surface area (Å²) < 4.78 is 0. The lowest BCUT2D eigenvalue weighted by Crippen LogP contribution is -2.60. The number of piperidine rings is 2. The predicted molar refractivity (Wildman–Crippen MR) is 203 cm³/mol. The number of nitrogens with one attached hydrogen (secondary N) is 2. The molecule has 3 aromatic rings. The van der Waals surface area contributed by atoms with Crippen molar-refractivity contribution in [3.63, 3.8) is 0 Å².